The van der Waals surface area contributed by atoms with Gasteiger partial charge in [-0.25, -0.2) is 13.6 Å². The van der Waals surface area contributed by atoms with E-state index in [-0.39, 0.29) is 40.5 Å². The molecule has 0 aliphatic carbocycles. The number of unbranched alkanes of at least 4 members (excludes halogenated alkanes) is 1. The summed E-state index contributed by atoms with van der Waals surface area (Å²) in [6, 6.07) is 12.7. The molecule has 0 fully saturated rings. The molecule has 2 rings (SSSR count). The zero-order valence-electron chi connectivity index (χ0n) is 23.0. The lowest BCUT2D eigenvalue weighted by Gasteiger charge is -2.16. The molecule has 1 atom stereocenters. The standard InChI is InChI=1S/C20H28N2O5S.C6H10O4.2H2O/c1-4-26-17-7-5-6-8-18(17)27-12-11-22-15(2)13-16-9-10-19(25-3)20(14-16)28(21,23)24;7-5(8)3-1-2-4-6(9)10;;/h5-10,14-15,22H,4,11-13H2,1-3H3,(H2,21,23,24);1-4H2,(H,7,8)(H,9,10);2*1H2/t15-;;;/m1.../s1. The second-order valence-corrected chi connectivity index (χ2v) is 9.84. The van der Waals surface area contributed by atoms with Crippen molar-refractivity contribution in [2.75, 3.05) is 26.9 Å². The average molecular weight is 591 g/mol. The molecule has 0 bridgehead atoms. The number of primary sulfonamides is 1. The molecule has 0 saturated heterocycles. The first-order chi connectivity index (χ1) is 18.0. The Morgan fingerprint density at radius 3 is 1.98 bits per heavy atom. The van der Waals surface area contributed by atoms with Crippen LogP contribution >= 0.6 is 0 Å². The molecule has 0 spiro atoms. The van der Waals surface area contributed by atoms with Crippen molar-refractivity contribution in [3.8, 4) is 17.2 Å². The Bertz CT molecular complexity index is 1110. The van der Waals surface area contributed by atoms with E-state index in [1.165, 1.54) is 7.11 Å². The molecule has 0 amide bonds. The highest BCUT2D eigenvalue weighted by Gasteiger charge is 2.16. The van der Waals surface area contributed by atoms with Gasteiger partial charge in [0.25, 0.3) is 0 Å². The summed E-state index contributed by atoms with van der Waals surface area (Å²) in [4.78, 5) is 19.8. The molecule has 40 heavy (non-hydrogen) atoms. The molecular weight excluding hydrogens is 548 g/mol. The van der Waals surface area contributed by atoms with Gasteiger partial charge in [-0.15, -0.1) is 0 Å². The molecule has 0 saturated carbocycles. The molecular formula is C26H42N2O11S. The smallest absolute Gasteiger partial charge is 0.303 e. The molecule has 9 N–H and O–H groups in total. The summed E-state index contributed by atoms with van der Waals surface area (Å²) in [6.07, 6.45) is 1.66. The summed E-state index contributed by atoms with van der Waals surface area (Å²) in [6.45, 7) is 5.66. The van der Waals surface area contributed by atoms with Crippen LogP contribution in [0, 0.1) is 0 Å². The second kappa shape index (κ2) is 20.5. The minimum atomic E-state index is -3.84. The number of carbonyl (C=O) groups is 2. The Labute approximate surface area is 234 Å². The van der Waals surface area contributed by atoms with Gasteiger partial charge in [-0.3, -0.25) is 9.59 Å². The number of nitrogens with one attached hydrogen (secondary N) is 1. The fourth-order valence-electron chi connectivity index (χ4n) is 3.36. The number of nitrogens with two attached hydrogens (primary N) is 1. The Morgan fingerprint density at radius 1 is 0.950 bits per heavy atom. The van der Waals surface area contributed by atoms with Gasteiger partial charge in [-0.05, 0) is 62.9 Å². The van der Waals surface area contributed by atoms with Gasteiger partial charge in [0, 0.05) is 25.4 Å². The molecule has 0 aromatic heterocycles. The molecule has 0 aliphatic heterocycles. The maximum atomic E-state index is 11.7. The number of methoxy groups -OCH3 is 1. The fourth-order valence-corrected chi connectivity index (χ4v) is 4.11. The van der Waals surface area contributed by atoms with Crippen molar-refractivity contribution in [1.29, 1.82) is 0 Å². The summed E-state index contributed by atoms with van der Waals surface area (Å²) in [5, 5.41) is 24.9. The largest absolute Gasteiger partial charge is 0.495 e. The zero-order valence-corrected chi connectivity index (χ0v) is 23.8. The van der Waals surface area contributed by atoms with Gasteiger partial charge >= 0.3 is 11.9 Å². The van der Waals surface area contributed by atoms with Crippen molar-refractivity contribution in [1.82, 2.24) is 5.32 Å². The van der Waals surface area contributed by atoms with Crippen molar-refractivity contribution in [2.24, 2.45) is 5.14 Å². The maximum absolute atomic E-state index is 11.7. The molecule has 2 aromatic rings. The number of carboxylic acids is 2. The van der Waals surface area contributed by atoms with Crippen molar-refractivity contribution in [3.63, 3.8) is 0 Å². The van der Waals surface area contributed by atoms with Gasteiger partial charge in [0.1, 0.15) is 17.3 Å². The third kappa shape index (κ3) is 15.9. The van der Waals surface area contributed by atoms with Crippen molar-refractivity contribution in [3.05, 3.63) is 48.0 Å². The molecule has 14 heteroatoms. The lowest BCUT2D eigenvalue weighted by Crippen LogP contribution is -2.32. The quantitative estimate of drug-likeness (QED) is 0.205. The monoisotopic (exact) mass is 590 g/mol. The highest BCUT2D eigenvalue weighted by molar-refractivity contribution is 7.89. The number of carboxylic acid groups (broad SMARTS) is 2. The Morgan fingerprint density at radius 2 is 1.50 bits per heavy atom. The van der Waals surface area contributed by atoms with Crippen LogP contribution in [-0.4, -0.2) is 74.4 Å². The summed E-state index contributed by atoms with van der Waals surface area (Å²) in [7, 11) is -2.43. The van der Waals surface area contributed by atoms with Crippen LogP contribution < -0.4 is 24.7 Å². The zero-order chi connectivity index (χ0) is 28.6. The summed E-state index contributed by atoms with van der Waals surface area (Å²) < 4.78 is 39.9. The molecule has 13 nitrogen and oxygen atoms in total. The lowest BCUT2D eigenvalue weighted by atomic mass is 10.1. The second-order valence-electron chi connectivity index (χ2n) is 8.31. The summed E-state index contributed by atoms with van der Waals surface area (Å²) >= 11 is 0. The normalized spacial score (nSPS) is 11.0. The van der Waals surface area contributed by atoms with E-state index in [0.29, 0.717) is 44.8 Å². The van der Waals surface area contributed by atoms with Crippen LogP contribution in [0.4, 0.5) is 0 Å². The predicted octanol–water partition coefficient (Wildman–Crippen LogP) is 1.41. The Hall–Kier alpha value is -3.43. The predicted molar refractivity (Wildman–Crippen MR) is 150 cm³/mol. The van der Waals surface area contributed by atoms with E-state index in [1.807, 2.05) is 44.2 Å². The van der Waals surface area contributed by atoms with Crippen molar-refractivity contribution < 1.29 is 53.4 Å². The van der Waals surface area contributed by atoms with Crippen molar-refractivity contribution >= 4 is 22.0 Å². The molecule has 0 aliphatic rings. The Kier molecular flexibility index (Phi) is 19.8. The highest BCUT2D eigenvalue weighted by atomic mass is 32.2. The number of ether oxygens (including phenoxy) is 3. The van der Waals surface area contributed by atoms with Crippen LogP contribution in [0.2, 0.25) is 0 Å². The Balaban J connectivity index is 0. The van der Waals surface area contributed by atoms with E-state index < -0.39 is 22.0 Å². The number of sulfonamides is 1. The molecule has 2 aromatic carbocycles. The van der Waals surface area contributed by atoms with Crippen LogP contribution in [0.1, 0.15) is 45.1 Å². The topological polar surface area (TPSA) is 237 Å². The third-order valence-corrected chi connectivity index (χ3v) is 6.04. The van der Waals surface area contributed by atoms with Crippen molar-refractivity contribution in [2.45, 2.75) is 56.9 Å². The van der Waals surface area contributed by atoms with Crippen LogP contribution in [0.5, 0.6) is 17.2 Å². The van der Waals surface area contributed by atoms with Crippen LogP contribution in [0.3, 0.4) is 0 Å². The van der Waals surface area contributed by atoms with E-state index in [2.05, 4.69) is 5.32 Å². The minimum Gasteiger partial charge on any atom is -0.495 e. The minimum absolute atomic E-state index is 0. The van der Waals surface area contributed by atoms with E-state index in [9.17, 15) is 18.0 Å². The molecule has 228 valence electrons. The van der Waals surface area contributed by atoms with Crippen LogP contribution in [0.25, 0.3) is 0 Å². The lowest BCUT2D eigenvalue weighted by molar-refractivity contribution is -0.139. The first kappa shape index (κ1) is 38.7. The summed E-state index contributed by atoms with van der Waals surface area (Å²) in [5.74, 6) is -0.0532. The number of hydrogen-bond donors (Lipinski definition) is 4. The molecule has 0 heterocycles. The average Bonchev–Trinajstić information content (AvgIpc) is 2.85. The van der Waals surface area contributed by atoms with Gasteiger partial charge in [-0.2, -0.15) is 0 Å². The van der Waals surface area contributed by atoms with Gasteiger partial charge in [0.15, 0.2) is 11.5 Å². The molecule has 0 unspecified atom stereocenters. The maximum Gasteiger partial charge on any atom is 0.303 e. The van der Waals surface area contributed by atoms with Crippen LogP contribution in [0.15, 0.2) is 47.4 Å². The van der Waals surface area contributed by atoms with E-state index in [0.717, 1.165) is 11.3 Å². The number of rotatable bonds is 16. The van der Waals surface area contributed by atoms with Gasteiger partial charge in [0.05, 0.1) is 13.7 Å². The van der Waals surface area contributed by atoms with Crippen LogP contribution in [-0.2, 0) is 26.0 Å². The number of para-hydroxylation sites is 2. The van der Waals surface area contributed by atoms with E-state index in [4.69, 9.17) is 29.6 Å². The van der Waals surface area contributed by atoms with Gasteiger partial charge < -0.3 is 40.7 Å². The van der Waals surface area contributed by atoms with Gasteiger partial charge in [-0.1, -0.05) is 18.2 Å². The highest BCUT2D eigenvalue weighted by Crippen LogP contribution is 2.26. The number of benzene rings is 2. The summed E-state index contributed by atoms with van der Waals surface area (Å²) in [5.41, 5.74) is 0.854. The first-order valence-electron chi connectivity index (χ1n) is 12.2. The molecule has 0 radical (unpaired) electrons. The number of aliphatic carboxylic acids is 2. The number of hydrogen-bond acceptors (Lipinski definition) is 8. The SMILES string of the molecule is CCOc1ccccc1OCCN[C@H](C)Cc1ccc(OC)c(S(N)(=O)=O)c1.O.O.O=C(O)CCCCC(=O)O. The van der Waals surface area contributed by atoms with E-state index >= 15 is 0 Å². The third-order valence-electron chi connectivity index (χ3n) is 5.11. The van der Waals surface area contributed by atoms with E-state index in [1.54, 1.807) is 12.1 Å². The fraction of sp³-hybridized carbons (Fsp3) is 0.462. The first-order valence-corrected chi connectivity index (χ1v) is 13.7. The van der Waals surface area contributed by atoms with Gasteiger partial charge in [0.2, 0.25) is 10.0 Å².